The number of fused-ring (bicyclic) bond motifs is 4. The molecule has 1 aromatic carbocycles. The predicted octanol–water partition coefficient (Wildman–Crippen LogP) is 4.78. The topological polar surface area (TPSA) is 108 Å². The third-order valence-corrected chi connectivity index (χ3v) is 9.47. The van der Waals surface area contributed by atoms with E-state index in [0.29, 0.717) is 37.1 Å². The Kier molecular flexibility index (Phi) is 7.55. The van der Waals surface area contributed by atoms with Crippen LogP contribution in [0.25, 0.3) is 0 Å². The Labute approximate surface area is 225 Å². The molecule has 4 unspecified atom stereocenters. The molecule has 3 fully saturated rings. The monoisotopic (exact) mass is 523 g/mol. The fourth-order valence-electron chi connectivity index (χ4n) is 7.41. The number of ether oxygens (including phenoxy) is 3. The summed E-state index contributed by atoms with van der Waals surface area (Å²) in [4.78, 5) is 26.1. The standard InChI is InChI=1S/C31H41NO6/c1-4-5-28-37-27-16-19(2)24-11-6-20-17-22(33)12-14-30(20,3)29(24)25(34)13-15-31(27,38-28)26(35)18-36-23-9-7-21(32)8-10-23/h7-10,12,14,17,19,24-25,27-29,34H,4-6,11,13,15-16,18,32H2,1-3H3/t19?,24-,25-,27?,28?,29?,30-,31+/m0/s1. The first kappa shape index (κ1) is 27.1. The lowest BCUT2D eigenvalue weighted by Gasteiger charge is -2.51. The van der Waals surface area contributed by atoms with Gasteiger partial charge in [-0.15, -0.1) is 0 Å². The smallest absolute Gasteiger partial charge is 0.204 e. The van der Waals surface area contributed by atoms with Crippen molar-refractivity contribution >= 4 is 17.3 Å². The molecule has 1 heterocycles. The van der Waals surface area contributed by atoms with E-state index in [-0.39, 0.29) is 41.3 Å². The molecule has 1 saturated heterocycles. The number of carbonyl (C=O) groups is 2. The van der Waals surface area contributed by atoms with Crippen molar-refractivity contribution in [3.63, 3.8) is 0 Å². The van der Waals surface area contributed by atoms with Gasteiger partial charge >= 0.3 is 0 Å². The van der Waals surface area contributed by atoms with E-state index in [4.69, 9.17) is 19.9 Å². The van der Waals surface area contributed by atoms with Crippen molar-refractivity contribution in [3.8, 4) is 5.75 Å². The summed E-state index contributed by atoms with van der Waals surface area (Å²) in [7, 11) is 0. The first-order valence-corrected chi connectivity index (χ1v) is 14.1. The van der Waals surface area contributed by atoms with Crippen LogP contribution < -0.4 is 10.5 Å². The molecule has 0 radical (unpaired) electrons. The number of ketones is 2. The van der Waals surface area contributed by atoms with E-state index in [1.54, 1.807) is 36.4 Å². The second-order valence-electron chi connectivity index (χ2n) is 11.9. The number of allylic oxidation sites excluding steroid dienone is 4. The van der Waals surface area contributed by atoms with E-state index in [2.05, 4.69) is 20.8 Å². The summed E-state index contributed by atoms with van der Waals surface area (Å²) >= 11 is 0. The molecular formula is C31H41NO6. The van der Waals surface area contributed by atoms with Crippen molar-refractivity contribution in [2.24, 2.45) is 23.2 Å². The molecule has 0 amide bonds. The molecule has 5 rings (SSSR count). The van der Waals surface area contributed by atoms with Gasteiger partial charge in [-0.25, -0.2) is 0 Å². The number of hydrogen-bond acceptors (Lipinski definition) is 7. The van der Waals surface area contributed by atoms with Crippen molar-refractivity contribution in [2.75, 3.05) is 12.3 Å². The van der Waals surface area contributed by atoms with Gasteiger partial charge in [-0.1, -0.05) is 38.8 Å². The summed E-state index contributed by atoms with van der Waals surface area (Å²) in [6.07, 6.45) is 8.66. The van der Waals surface area contributed by atoms with E-state index >= 15 is 0 Å². The SMILES string of the molecule is CCCC1OC2CC(C)[C@@H]3CCC4=CC(=O)C=C[C@]4(C)C3[C@@H](O)CC[C@]2(C(=O)COc2ccc(N)cc2)O1. The van der Waals surface area contributed by atoms with Gasteiger partial charge in [-0.2, -0.15) is 0 Å². The number of Topliss-reactive ketones (excluding diaryl/α,β-unsaturated/α-hetero) is 1. The Hall–Kier alpha value is -2.48. The van der Waals surface area contributed by atoms with Crippen LogP contribution in [-0.2, 0) is 19.1 Å². The molecular weight excluding hydrogens is 482 g/mol. The van der Waals surface area contributed by atoms with Crippen molar-refractivity contribution in [1.82, 2.24) is 0 Å². The molecule has 7 nitrogen and oxygen atoms in total. The number of aliphatic hydroxyl groups excluding tert-OH is 1. The summed E-state index contributed by atoms with van der Waals surface area (Å²) in [6, 6.07) is 6.97. The largest absolute Gasteiger partial charge is 0.486 e. The molecule has 38 heavy (non-hydrogen) atoms. The van der Waals surface area contributed by atoms with Crippen LogP contribution in [0.3, 0.4) is 0 Å². The minimum atomic E-state index is -1.17. The fraction of sp³-hybridized carbons (Fsp3) is 0.613. The summed E-state index contributed by atoms with van der Waals surface area (Å²) < 4.78 is 18.8. The molecule has 8 atom stereocenters. The van der Waals surface area contributed by atoms with Gasteiger partial charge in [0.15, 0.2) is 17.7 Å². The van der Waals surface area contributed by atoms with Crippen LogP contribution in [-0.4, -0.2) is 47.4 Å². The van der Waals surface area contributed by atoms with Gasteiger partial charge in [0.1, 0.15) is 12.4 Å². The minimum absolute atomic E-state index is 0.0190. The van der Waals surface area contributed by atoms with Crippen molar-refractivity contribution < 1.29 is 28.9 Å². The zero-order valence-electron chi connectivity index (χ0n) is 22.7. The van der Waals surface area contributed by atoms with Crippen LogP contribution in [0, 0.1) is 23.2 Å². The molecule has 4 aliphatic rings. The van der Waals surface area contributed by atoms with Gasteiger partial charge in [0, 0.05) is 17.0 Å². The van der Waals surface area contributed by atoms with E-state index < -0.39 is 24.1 Å². The van der Waals surface area contributed by atoms with Crippen LogP contribution in [0.15, 0.2) is 48.1 Å². The van der Waals surface area contributed by atoms with Gasteiger partial charge in [-0.05, 0) is 86.8 Å². The molecule has 0 aromatic heterocycles. The van der Waals surface area contributed by atoms with Gasteiger partial charge in [0.2, 0.25) is 5.78 Å². The quantitative estimate of drug-likeness (QED) is 0.517. The zero-order valence-corrected chi connectivity index (χ0v) is 22.7. The third-order valence-electron chi connectivity index (χ3n) is 9.47. The number of anilines is 1. The Morgan fingerprint density at radius 3 is 2.74 bits per heavy atom. The number of aliphatic hydroxyl groups is 1. The molecule has 3 N–H and O–H groups in total. The molecule has 7 heteroatoms. The maximum absolute atomic E-state index is 13.9. The first-order valence-electron chi connectivity index (χ1n) is 14.1. The highest BCUT2D eigenvalue weighted by atomic mass is 16.7. The Balaban J connectivity index is 1.44. The van der Waals surface area contributed by atoms with Crippen molar-refractivity contribution in [2.45, 2.75) is 89.8 Å². The molecule has 0 spiro atoms. The van der Waals surface area contributed by atoms with E-state index in [9.17, 15) is 14.7 Å². The second-order valence-corrected chi connectivity index (χ2v) is 11.9. The molecule has 3 aliphatic carbocycles. The van der Waals surface area contributed by atoms with Gasteiger partial charge in [0.05, 0.1) is 12.2 Å². The molecule has 206 valence electrons. The average molecular weight is 524 g/mol. The summed E-state index contributed by atoms with van der Waals surface area (Å²) in [5, 5.41) is 11.7. The van der Waals surface area contributed by atoms with Crippen LogP contribution in [0.4, 0.5) is 5.69 Å². The highest BCUT2D eigenvalue weighted by Gasteiger charge is 2.58. The maximum atomic E-state index is 13.9. The van der Waals surface area contributed by atoms with Crippen molar-refractivity contribution in [1.29, 1.82) is 0 Å². The van der Waals surface area contributed by atoms with Crippen LogP contribution in [0.5, 0.6) is 5.75 Å². The van der Waals surface area contributed by atoms with Crippen LogP contribution >= 0.6 is 0 Å². The second kappa shape index (κ2) is 10.6. The number of nitrogen functional groups attached to an aromatic ring is 1. The van der Waals surface area contributed by atoms with Gasteiger partial charge < -0.3 is 25.1 Å². The minimum Gasteiger partial charge on any atom is -0.486 e. The number of carbonyl (C=O) groups excluding carboxylic acids is 2. The lowest BCUT2D eigenvalue weighted by molar-refractivity contribution is -0.151. The summed E-state index contributed by atoms with van der Waals surface area (Å²) in [5.41, 5.74) is 5.96. The molecule has 1 aliphatic heterocycles. The van der Waals surface area contributed by atoms with Gasteiger partial charge in [-0.3, -0.25) is 9.59 Å². The highest BCUT2D eigenvalue weighted by Crippen LogP contribution is 2.56. The van der Waals surface area contributed by atoms with Crippen molar-refractivity contribution in [3.05, 3.63) is 48.1 Å². The maximum Gasteiger partial charge on any atom is 0.204 e. The summed E-state index contributed by atoms with van der Waals surface area (Å²) in [6.45, 7) is 6.29. The summed E-state index contributed by atoms with van der Waals surface area (Å²) in [5.74, 6) is 0.804. The Morgan fingerprint density at radius 1 is 1.24 bits per heavy atom. The number of benzene rings is 1. The fourth-order valence-corrected chi connectivity index (χ4v) is 7.41. The average Bonchev–Trinajstić information content (AvgIpc) is 3.25. The number of hydrogen-bond donors (Lipinski definition) is 2. The van der Waals surface area contributed by atoms with Crippen LogP contribution in [0.1, 0.15) is 65.7 Å². The third kappa shape index (κ3) is 4.85. The zero-order chi connectivity index (χ0) is 27.1. The lowest BCUT2D eigenvalue weighted by Crippen LogP contribution is -2.50. The first-order chi connectivity index (χ1) is 18.2. The lowest BCUT2D eigenvalue weighted by atomic mass is 9.54. The van der Waals surface area contributed by atoms with E-state index in [1.165, 1.54) is 0 Å². The van der Waals surface area contributed by atoms with Crippen LogP contribution in [0.2, 0.25) is 0 Å². The van der Waals surface area contributed by atoms with E-state index in [1.807, 2.05) is 6.08 Å². The molecule has 1 aromatic rings. The highest BCUT2D eigenvalue weighted by molar-refractivity contribution is 6.01. The Bertz CT molecular complexity index is 1110. The Morgan fingerprint density at radius 2 is 2.00 bits per heavy atom. The number of nitrogens with two attached hydrogens (primary N) is 1. The van der Waals surface area contributed by atoms with E-state index in [0.717, 1.165) is 24.8 Å². The predicted molar refractivity (Wildman–Crippen MR) is 144 cm³/mol. The normalized spacial score (nSPS) is 38.6. The molecule has 0 bridgehead atoms. The van der Waals surface area contributed by atoms with Gasteiger partial charge in [0.25, 0.3) is 0 Å². The number of rotatable bonds is 6. The molecule has 2 saturated carbocycles.